The highest BCUT2D eigenvalue weighted by molar-refractivity contribution is 6.29. The third-order valence-electron chi connectivity index (χ3n) is 1.10. The monoisotopic (exact) mass is 175 g/mol. The van der Waals surface area contributed by atoms with Crippen LogP contribution in [-0.2, 0) is 9.53 Å². The van der Waals surface area contributed by atoms with E-state index in [9.17, 15) is 4.79 Å². The average molecular weight is 176 g/mol. The van der Waals surface area contributed by atoms with Gasteiger partial charge in [-0.3, -0.25) is 4.79 Å². The summed E-state index contributed by atoms with van der Waals surface area (Å²) >= 11 is 5.40. The van der Waals surface area contributed by atoms with E-state index in [1.54, 1.807) is 6.92 Å². The van der Waals surface area contributed by atoms with E-state index in [0.29, 0.717) is 6.42 Å². The van der Waals surface area contributed by atoms with Crippen molar-refractivity contribution in [3.8, 4) is 6.07 Å². The highest BCUT2D eigenvalue weighted by Crippen LogP contribution is 2.02. The normalized spacial score (nSPS) is 14.7. The van der Waals surface area contributed by atoms with E-state index in [1.807, 2.05) is 6.07 Å². The zero-order chi connectivity index (χ0) is 8.85. The zero-order valence-electron chi connectivity index (χ0n) is 6.50. The maximum absolute atomic E-state index is 10.8. The Kier molecular flexibility index (Phi) is 4.64. The van der Waals surface area contributed by atoms with Gasteiger partial charge in [-0.2, -0.15) is 5.26 Å². The number of alkyl halides is 1. The number of ether oxygens (including phenoxy) is 1. The van der Waals surface area contributed by atoms with Crippen molar-refractivity contribution in [3.05, 3.63) is 0 Å². The first-order valence-electron chi connectivity index (χ1n) is 3.36. The van der Waals surface area contributed by atoms with Gasteiger partial charge in [-0.15, -0.1) is 11.6 Å². The molecule has 2 atom stereocenters. The van der Waals surface area contributed by atoms with E-state index in [-0.39, 0.29) is 0 Å². The van der Waals surface area contributed by atoms with Gasteiger partial charge in [-0.05, 0) is 13.3 Å². The quantitative estimate of drug-likeness (QED) is 0.482. The molecule has 0 aliphatic carbocycles. The molecule has 11 heavy (non-hydrogen) atoms. The third kappa shape index (κ3) is 3.84. The van der Waals surface area contributed by atoms with Crippen molar-refractivity contribution in [2.24, 2.45) is 0 Å². The Morgan fingerprint density at radius 3 is 2.64 bits per heavy atom. The van der Waals surface area contributed by atoms with Crippen LogP contribution in [-0.4, -0.2) is 17.5 Å². The number of nitrogens with zero attached hydrogens (tertiary/aromatic N) is 1. The molecule has 0 spiro atoms. The van der Waals surface area contributed by atoms with Crippen LogP contribution in [0.5, 0.6) is 0 Å². The van der Waals surface area contributed by atoms with E-state index in [2.05, 4.69) is 4.74 Å². The molecular formula is C7H10ClNO2. The van der Waals surface area contributed by atoms with E-state index < -0.39 is 17.5 Å². The number of esters is 1. The molecule has 0 saturated heterocycles. The van der Waals surface area contributed by atoms with E-state index >= 15 is 0 Å². The minimum absolute atomic E-state index is 0.492. The summed E-state index contributed by atoms with van der Waals surface area (Å²) in [6.07, 6.45) is -0.171. The summed E-state index contributed by atoms with van der Waals surface area (Å²) in [5.41, 5.74) is 0. The first kappa shape index (κ1) is 10.2. The van der Waals surface area contributed by atoms with Gasteiger partial charge in [0.1, 0.15) is 11.4 Å². The number of halogens is 1. The van der Waals surface area contributed by atoms with Crippen LogP contribution < -0.4 is 0 Å². The first-order valence-corrected chi connectivity index (χ1v) is 3.79. The fraction of sp³-hybridized carbons (Fsp3) is 0.714. The molecule has 0 N–H and O–H groups in total. The third-order valence-corrected chi connectivity index (χ3v) is 1.28. The van der Waals surface area contributed by atoms with Crippen LogP contribution in [0.15, 0.2) is 0 Å². The van der Waals surface area contributed by atoms with Crippen molar-refractivity contribution >= 4 is 17.6 Å². The Labute approximate surface area is 70.9 Å². The molecular weight excluding hydrogens is 166 g/mol. The van der Waals surface area contributed by atoms with Crippen LogP contribution >= 0.6 is 11.6 Å². The number of carbonyl (C=O) groups excluding carboxylic acids is 1. The van der Waals surface area contributed by atoms with Crippen molar-refractivity contribution in [2.75, 3.05) is 0 Å². The highest BCUT2D eigenvalue weighted by Gasteiger charge is 2.15. The summed E-state index contributed by atoms with van der Waals surface area (Å²) in [6.45, 7) is 3.27. The fourth-order valence-electron chi connectivity index (χ4n) is 0.435. The van der Waals surface area contributed by atoms with Gasteiger partial charge in [0.15, 0.2) is 6.10 Å². The van der Waals surface area contributed by atoms with Gasteiger partial charge >= 0.3 is 5.97 Å². The Morgan fingerprint density at radius 1 is 1.82 bits per heavy atom. The molecule has 0 radical (unpaired) electrons. The second-order valence-electron chi connectivity index (χ2n) is 2.08. The Hall–Kier alpha value is -0.750. The van der Waals surface area contributed by atoms with Crippen LogP contribution in [0.4, 0.5) is 0 Å². The first-order chi connectivity index (χ1) is 5.11. The summed E-state index contributed by atoms with van der Waals surface area (Å²) in [6, 6.07) is 1.84. The maximum atomic E-state index is 10.8. The molecule has 0 fully saturated rings. The van der Waals surface area contributed by atoms with Crippen molar-refractivity contribution in [3.63, 3.8) is 0 Å². The number of carbonyl (C=O) groups is 1. The van der Waals surface area contributed by atoms with Crippen LogP contribution in [0, 0.1) is 11.3 Å². The van der Waals surface area contributed by atoms with Crippen LogP contribution in [0.3, 0.4) is 0 Å². The lowest BCUT2D eigenvalue weighted by molar-refractivity contribution is -0.145. The topological polar surface area (TPSA) is 50.1 Å². The lowest BCUT2D eigenvalue weighted by Gasteiger charge is -2.08. The van der Waals surface area contributed by atoms with Gasteiger partial charge in [0.2, 0.25) is 0 Å². The van der Waals surface area contributed by atoms with E-state index in [4.69, 9.17) is 16.9 Å². The number of rotatable bonds is 3. The smallest absolute Gasteiger partial charge is 0.325 e. The SMILES string of the molecule is CCC(C#N)OC(=O)C(C)Cl. The summed E-state index contributed by atoms with van der Waals surface area (Å²) in [7, 11) is 0. The van der Waals surface area contributed by atoms with Crippen molar-refractivity contribution in [1.29, 1.82) is 5.26 Å². The molecule has 2 unspecified atom stereocenters. The molecule has 3 nitrogen and oxygen atoms in total. The number of nitriles is 1. The molecule has 0 amide bonds. The predicted molar refractivity (Wildman–Crippen MR) is 41.1 cm³/mol. The Morgan fingerprint density at radius 2 is 2.36 bits per heavy atom. The number of hydrogen-bond donors (Lipinski definition) is 0. The lowest BCUT2D eigenvalue weighted by atomic mass is 10.3. The van der Waals surface area contributed by atoms with Gasteiger partial charge in [0, 0.05) is 0 Å². The van der Waals surface area contributed by atoms with Gasteiger partial charge < -0.3 is 4.74 Å². The maximum Gasteiger partial charge on any atom is 0.325 e. The molecule has 62 valence electrons. The van der Waals surface area contributed by atoms with Gasteiger partial charge in [0.05, 0.1) is 0 Å². The highest BCUT2D eigenvalue weighted by atomic mass is 35.5. The number of hydrogen-bond acceptors (Lipinski definition) is 3. The van der Waals surface area contributed by atoms with Crippen LogP contribution in [0.25, 0.3) is 0 Å². The molecule has 0 heterocycles. The minimum atomic E-state index is -0.683. The fourth-order valence-corrected chi connectivity index (χ4v) is 0.486. The van der Waals surface area contributed by atoms with Crippen LogP contribution in [0.2, 0.25) is 0 Å². The molecule has 0 aliphatic heterocycles. The summed E-state index contributed by atoms with van der Waals surface area (Å²) < 4.78 is 4.68. The molecule has 0 aromatic rings. The largest absolute Gasteiger partial charge is 0.446 e. The van der Waals surface area contributed by atoms with E-state index in [0.717, 1.165) is 0 Å². The molecule has 4 heteroatoms. The molecule has 0 rings (SSSR count). The van der Waals surface area contributed by atoms with E-state index in [1.165, 1.54) is 6.92 Å². The predicted octanol–water partition coefficient (Wildman–Crippen LogP) is 1.46. The lowest BCUT2D eigenvalue weighted by Crippen LogP contribution is -2.21. The zero-order valence-corrected chi connectivity index (χ0v) is 7.26. The molecule has 0 aromatic heterocycles. The summed E-state index contributed by atoms with van der Waals surface area (Å²) in [5.74, 6) is -0.542. The van der Waals surface area contributed by atoms with Gasteiger partial charge in [0.25, 0.3) is 0 Å². The summed E-state index contributed by atoms with van der Waals surface area (Å²) in [4.78, 5) is 10.8. The average Bonchev–Trinajstić information content (AvgIpc) is 1.99. The van der Waals surface area contributed by atoms with Gasteiger partial charge in [-0.25, -0.2) is 0 Å². The molecule has 0 saturated carbocycles. The Bertz CT molecular complexity index is 174. The molecule has 0 aliphatic rings. The molecule has 0 bridgehead atoms. The van der Waals surface area contributed by atoms with Crippen molar-refractivity contribution in [1.82, 2.24) is 0 Å². The van der Waals surface area contributed by atoms with Crippen molar-refractivity contribution < 1.29 is 9.53 Å². The second-order valence-corrected chi connectivity index (χ2v) is 2.73. The second kappa shape index (κ2) is 4.97. The Balaban J connectivity index is 3.84. The van der Waals surface area contributed by atoms with Crippen molar-refractivity contribution in [2.45, 2.75) is 31.7 Å². The standard InChI is InChI=1S/C7H10ClNO2/c1-3-6(4-9)11-7(10)5(2)8/h5-6H,3H2,1-2H3. The molecule has 0 aromatic carbocycles. The minimum Gasteiger partial charge on any atom is -0.446 e. The van der Waals surface area contributed by atoms with Gasteiger partial charge in [-0.1, -0.05) is 6.92 Å². The van der Waals surface area contributed by atoms with Crippen LogP contribution in [0.1, 0.15) is 20.3 Å². The summed E-state index contributed by atoms with van der Waals surface area (Å²) in [5, 5.41) is 7.70.